The molecule has 3 rings (SSSR count). The Hall–Kier alpha value is -2.07. The summed E-state index contributed by atoms with van der Waals surface area (Å²) >= 11 is 0. The Bertz CT molecular complexity index is 654. The van der Waals surface area contributed by atoms with Gasteiger partial charge in [0.2, 0.25) is 0 Å². The van der Waals surface area contributed by atoms with Crippen LogP contribution in [0.1, 0.15) is 17.2 Å². The summed E-state index contributed by atoms with van der Waals surface area (Å²) in [6.45, 7) is 1.16. The Morgan fingerprint density at radius 1 is 1.19 bits per heavy atom. The first-order valence-electron chi connectivity index (χ1n) is 7.14. The largest absolute Gasteiger partial charge is 0.377 e. The molecule has 1 unspecified atom stereocenters. The number of para-hydroxylation sites is 1. The van der Waals surface area contributed by atoms with Crippen LogP contribution < -0.4 is 15.5 Å². The Morgan fingerprint density at radius 3 is 2.62 bits per heavy atom. The van der Waals surface area contributed by atoms with E-state index in [-0.39, 0.29) is 11.9 Å². The zero-order valence-electron chi connectivity index (χ0n) is 12.4. The van der Waals surface area contributed by atoms with Crippen molar-refractivity contribution in [2.75, 3.05) is 30.4 Å². The second-order valence-electron chi connectivity index (χ2n) is 5.57. The average molecular weight is 285 g/mol. The van der Waals surface area contributed by atoms with Gasteiger partial charge >= 0.3 is 0 Å². The molecule has 0 saturated carbocycles. The molecular formula is C17H20FN3. The Labute approximate surface area is 124 Å². The minimum absolute atomic E-state index is 0.0248. The highest BCUT2D eigenvalue weighted by atomic mass is 19.1. The van der Waals surface area contributed by atoms with Gasteiger partial charge in [-0.05, 0) is 23.8 Å². The van der Waals surface area contributed by atoms with Crippen LogP contribution in [0.4, 0.5) is 15.8 Å². The number of nitrogens with two attached hydrogens (primary N) is 1. The normalized spacial score (nSPS) is 17.0. The van der Waals surface area contributed by atoms with Crippen LogP contribution >= 0.6 is 0 Å². The van der Waals surface area contributed by atoms with Gasteiger partial charge in [0.15, 0.2) is 0 Å². The van der Waals surface area contributed by atoms with Crippen molar-refractivity contribution in [3.8, 4) is 0 Å². The molecule has 2 aromatic carbocycles. The number of hydrogen-bond acceptors (Lipinski definition) is 3. The predicted octanol–water partition coefficient (Wildman–Crippen LogP) is 2.91. The zero-order valence-corrected chi connectivity index (χ0v) is 12.4. The third kappa shape index (κ3) is 2.25. The van der Waals surface area contributed by atoms with Gasteiger partial charge in [-0.15, -0.1) is 0 Å². The first kappa shape index (κ1) is 13.9. The predicted molar refractivity (Wildman–Crippen MR) is 85.1 cm³/mol. The lowest BCUT2D eigenvalue weighted by atomic mass is 10.0. The van der Waals surface area contributed by atoms with Crippen molar-refractivity contribution in [2.24, 2.45) is 5.73 Å². The molecule has 0 aliphatic carbocycles. The number of nitrogens with zero attached hydrogens (tertiary/aromatic N) is 2. The van der Waals surface area contributed by atoms with Crippen molar-refractivity contribution >= 4 is 11.4 Å². The SMILES string of the molecule is CN(C)c1cccc2c1CN(c1ccccc1F)C2CN. The topological polar surface area (TPSA) is 32.5 Å². The van der Waals surface area contributed by atoms with Crippen molar-refractivity contribution < 1.29 is 4.39 Å². The van der Waals surface area contributed by atoms with E-state index >= 15 is 0 Å². The molecule has 3 nitrogen and oxygen atoms in total. The van der Waals surface area contributed by atoms with Gasteiger partial charge in [0.05, 0.1) is 11.7 Å². The van der Waals surface area contributed by atoms with Crippen LogP contribution in [-0.4, -0.2) is 20.6 Å². The first-order valence-corrected chi connectivity index (χ1v) is 7.14. The molecule has 1 aliphatic heterocycles. The van der Waals surface area contributed by atoms with E-state index in [0.29, 0.717) is 18.8 Å². The molecule has 1 aliphatic rings. The van der Waals surface area contributed by atoms with Crippen LogP contribution in [0.5, 0.6) is 0 Å². The molecule has 0 radical (unpaired) electrons. The first-order chi connectivity index (χ1) is 10.1. The highest BCUT2D eigenvalue weighted by molar-refractivity contribution is 5.64. The molecule has 0 amide bonds. The molecule has 4 heteroatoms. The molecule has 110 valence electrons. The smallest absolute Gasteiger partial charge is 0.146 e. The lowest BCUT2D eigenvalue weighted by Crippen LogP contribution is -2.28. The summed E-state index contributed by atoms with van der Waals surface area (Å²) in [5.74, 6) is -0.199. The number of rotatable bonds is 3. The van der Waals surface area contributed by atoms with E-state index in [1.165, 1.54) is 22.9 Å². The fraction of sp³-hybridized carbons (Fsp3) is 0.294. The number of anilines is 2. The molecule has 1 atom stereocenters. The third-order valence-corrected chi connectivity index (χ3v) is 4.12. The van der Waals surface area contributed by atoms with Gasteiger partial charge in [-0.3, -0.25) is 0 Å². The molecule has 1 heterocycles. The Balaban J connectivity index is 2.08. The minimum atomic E-state index is -0.199. The van der Waals surface area contributed by atoms with Crippen molar-refractivity contribution in [3.05, 3.63) is 59.4 Å². The number of halogens is 1. The maximum absolute atomic E-state index is 14.1. The van der Waals surface area contributed by atoms with Crippen LogP contribution in [0.2, 0.25) is 0 Å². The number of benzene rings is 2. The number of fused-ring (bicyclic) bond motifs is 1. The summed E-state index contributed by atoms with van der Waals surface area (Å²) in [6, 6.07) is 13.2. The van der Waals surface area contributed by atoms with Crippen LogP contribution in [0.25, 0.3) is 0 Å². The van der Waals surface area contributed by atoms with Gasteiger partial charge in [-0.25, -0.2) is 4.39 Å². The van der Waals surface area contributed by atoms with E-state index < -0.39 is 0 Å². The molecule has 21 heavy (non-hydrogen) atoms. The highest BCUT2D eigenvalue weighted by Crippen LogP contribution is 2.41. The maximum atomic E-state index is 14.1. The van der Waals surface area contributed by atoms with Gasteiger partial charge in [0, 0.05) is 38.4 Å². The third-order valence-electron chi connectivity index (χ3n) is 4.12. The molecule has 0 saturated heterocycles. The molecule has 0 fully saturated rings. The molecular weight excluding hydrogens is 265 g/mol. The van der Waals surface area contributed by atoms with Crippen LogP contribution in [0, 0.1) is 5.82 Å². The standard InChI is InChI=1S/C17H20FN3/c1-20(2)15-9-5-6-12-13(15)11-21(17(12)10-19)16-8-4-3-7-14(16)18/h3-9,17H,10-11,19H2,1-2H3. The second kappa shape index (κ2) is 5.37. The summed E-state index contributed by atoms with van der Waals surface area (Å²) in [4.78, 5) is 4.16. The monoisotopic (exact) mass is 285 g/mol. The van der Waals surface area contributed by atoms with E-state index in [0.717, 1.165) is 0 Å². The van der Waals surface area contributed by atoms with Crippen molar-refractivity contribution in [1.82, 2.24) is 0 Å². The molecule has 2 aromatic rings. The van der Waals surface area contributed by atoms with Gasteiger partial charge in [-0.2, -0.15) is 0 Å². The summed E-state index contributed by atoms with van der Waals surface area (Å²) in [7, 11) is 4.05. The van der Waals surface area contributed by atoms with E-state index in [1.54, 1.807) is 6.07 Å². The maximum Gasteiger partial charge on any atom is 0.146 e. The van der Waals surface area contributed by atoms with Gasteiger partial charge in [-0.1, -0.05) is 24.3 Å². The van der Waals surface area contributed by atoms with E-state index in [2.05, 4.69) is 21.9 Å². The van der Waals surface area contributed by atoms with E-state index in [1.807, 2.05) is 32.3 Å². The summed E-state index contributed by atoms with van der Waals surface area (Å²) in [5.41, 5.74) is 10.2. The quantitative estimate of drug-likeness (QED) is 0.941. The zero-order chi connectivity index (χ0) is 15.0. The second-order valence-corrected chi connectivity index (χ2v) is 5.57. The van der Waals surface area contributed by atoms with Gasteiger partial charge in [0.1, 0.15) is 5.82 Å². The van der Waals surface area contributed by atoms with Gasteiger partial charge in [0.25, 0.3) is 0 Å². The summed E-state index contributed by atoms with van der Waals surface area (Å²) < 4.78 is 14.1. The average Bonchev–Trinajstić information content (AvgIpc) is 2.85. The Morgan fingerprint density at radius 2 is 1.95 bits per heavy atom. The van der Waals surface area contributed by atoms with Gasteiger partial charge < -0.3 is 15.5 Å². The lowest BCUT2D eigenvalue weighted by molar-refractivity contribution is 0.600. The summed E-state index contributed by atoms with van der Waals surface area (Å²) in [6.07, 6.45) is 0. The van der Waals surface area contributed by atoms with Crippen LogP contribution in [-0.2, 0) is 6.54 Å². The molecule has 2 N–H and O–H groups in total. The van der Waals surface area contributed by atoms with Crippen molar-refractivity contribution in [3.63, 3.8) is 0 Å². The van der Waals surface area contributed by atoms with Crippen LogP contribution in [0.15, 0.2) is 42.5 Å². The Kier molecular flexibility index (Phi) is 3.55. The van der Waals surface area contributed by atoms with E-state index in [9.17, 15) is 4.39 Å². The fourth-order valence-electron chi connectivity index (χ4n) is 3.14. The van der Waals surface area contributed by atoms with Crippen molar-refractivity contribution in [2.45, 2.75) is 12.6 Å². The molecule has 0 spiro atoms. The lowest BCUT2D eigenvalue weighted by Gasteiger charge is -2.26. The van der Waals surface area contributed by atoms with Crippen LogP contribution in [0.3, 0.4) is 0 Å². The number of hydrogen-bond donors (Lipinski definition) is 1. The molecule has 0 aromatic heterocycles. The van der Waals surface area contributed by atoms with E-state index in [4.69, 9.17) is 5.73 Å². The minimum Gasteiger partial charge on any atom is -0.377 e. The van der Waals surface area contributed by atoms with Crippen molar-refractivity contribution in [1.29, 1.82) is 0 Å². The highest BCUT2D eigenvalue weighted by Gasteiger charge is 2.32. The summed E-state index contributed by atoms with van der Waals surface area (Å²) in [5, 5.41) is 0. The molecule has 0 bridgehead atoms. The fourth-order valence-corrected chi connectivity index (χ4v) is 3.14.